The van der Waals surface area contributed by atoms with Crippen molar-refractivity contribution in [2.24, 2.45) is 5.92 Å². The van der Waals surface area contributed by atoms with Gasteiger partial charge in [-0.15, -0.1) is 0 Å². The zero-order valence-electron chi connectivity index (χ0n) is 11.6. The summed E-state index contributed by atoms with van der Waals surface area (Å²) in [6.45, 7) is 1.55. The van der Waals surface area contributed by atoms with E-state index in [0.29, 0.717) is 0 Å². The van der Waals surface area contributed by atoms with Gasteiger partial charge in [0, 0.05) is 19.1 Å². The number of carboxylic acid groups (broad SMARTS) is 1. The topological polar surface area (TPSA) is 72.9 Å². The fourth-order valence-corrected chi connectivity index (χ4v) is 2.74. The molecule has 108 valence electrons. The van der Waals surface area contributed by atoms with E-state index in [1.807, 2.05) is 14.1 Å². The van der Waals surface area contributed by atoms with Crippen molar-refractivity contribution < 1.29 is 14.7 Å². The van der Waals surface area contributed by atoms with Gasteiger partial charge in [-0.1, -0.05) is 0 Å². The third-order valence-electron chi connectivity index (χ3n) is 3.85. The Hall–Kier alpha value is -1.30. The van der Waals surface area contributed by atoms with E-state index in [1.54, 1.807) is 4.90 Å². The minimum absolute atomic E-state index is 0.122. The molecule has 6 heteroatoms. The van der Waals surface area contributed by atoms with Gasteiger partial charge < -0.3 is 20.2 Å². The Morgan fingerprint density at radius 2 is 2.05 bits per heavy atom. The summed E-state index contributed by atoms with van der Waals surface area (Å²) in [6, 6.07) is -0.736. The van der Waals surface area contributed by atoms with Gasteiger partial charge >= 0.3 is 12.0 Å². The second kappa shape index (κ2) is 5.77. The van der Waals surface area contributed by atoms with Gasteiger partial charge in [-0.2, -0.15) is 0 Å². The van der Waals surface area contributed by atoms with E-state index in [1.165, 1.54) is 0 Å². The second-order valence-corrected chi connectivity index (χ2v) is 5.85. The summed E-state index contributed by atoms with van der Waals surface area (Å²) < 4.78 is 0. The number of carbonyl (C=O) groups excluding carboxylic acids is 1. The number of hydrogen-bond donors (Lipinski definition) is 2. The highest BCUT2D eigenvalue weighted by Crippen LogP contribution is 2.33. The van der Waals surface area contributed by atoms with Crippen molar-refractivity contribution in [1.29, 1.82) is 0 Å². The zero-order chi connectivity index (χ0) is 14.0. The number of amides is 2. The molecule has 0 aromatic rings. The van der Waals surface area contributed by atoms with Crippen LogP contribution < -0.4 is 5.32 Å². The first-order valence-electron chi connectivity index (χ1n) is 6.93. The number of aliphatic carboxylic acids is 1. The van der Waals surface area contributed by atoms with Crippen LogP contribution in [-0.4, -0.2) is 66.2 Å². The number of carboxylic acids is 1. The maximum absolute atomic E-state index is 12.2. The summed E-state index contributed by atoms with van der Waals surface area (Å²) in [7, 11) is 3.97. The summed E-state index contributed by atoms with van der Waals surface area (Å²) in [5.74, 6) is -0.796. The smallest absolute Gasteiger partial charge is 0.326 e. The van der Waals surface area contributed by atoms with Crippen LogP contribution in [0.2, 0.25) is 0 Å². The van der Waals surface area contributed by atoms with E-state index >= 15 is 0 Å². The Morgan fingerprint density at radius 1 is 1.37 bits per heavy atom. The molecule has 2 aliphatic rings. The minimum Gasteiger partial charge on any atom is -0.480 e. The highest BCUT2D eigenvalue weighted by atomic mass is 16.4. The lowest BCUT2D eigenvalue weighted by Gasteiger charge is -2.28. The SMILES string of the molecule is CN(C)CC1CCCN1C(=O)NC(C(=O)O)C1CC1. The molecular weight excluding hydrogens is 246 g/mol. The first-order chi connectivity index (χ1) is 8.99. The Balaban J connectivity index is 1.92. The average Bonchev–Trinajstić information content (AvgIpc) is 3.05. The van der Waals surface area contributed by atoms with Crippen LogP contribution in [-0.2, 0) is 4.79 Å². The maximum atomic E-state index is 12.2. The number of urea groups is 1. The summed E-state index contributed by atoms with van der Waals surface area (Å²) >= 11 is 0. The van der Waals surface area contributed by atoms with E-state index in [-0.39, 0.29) is 18.0 Å². The predicted molar refractivity (Wildman–Crippen MR) is 71.0 cm³/mol. The van der Waals surface area contributed by atoms with Gasteiger partial charge in [0.05, 0.1) is 0 Å². The lowest BCUT2D eigenvalue weighted by molar-refractivity contribution is -0.139. The highest BCUT2D eigenvalue weighted by molar-refractivity contribution is 5.83. The average molecular weight is 269 g/mol. The molecule has 1 aliphatic carbocycles. The quantitative estimate of drug-likeness (QED) is 0.766. The number of likely N-dealkylation sites (tertiary alicyclic amines) is 1. The first kappa shape index (κ1) is 14.1. The maximum Gasteiger partial charge on any atom is 0.326 e. The van der Waals surface area contributed by atoms with E-state index in [4.69, 9.17) is 5.11 Å². The Bertz CT molecular complexity index is 355. The largest absolute Gasteiger partial charge is 0.480 e. The van der Waals surface area contributed by atoms with E-state index in [9.17, 15) is 9.59 Å². The molecule has 1 saturated carbocycles. The molecule has 0 spiro atoms. The molecule has 0 radical (unpaired) electrons. The fourth-order valence-electron chi connectivity index (χ4n) is 2.74. The molecule has 1 heterocycles. The van der Waals surface area contributed by atoms with Crippen LogP contribution in [0.4, 0.5) is 4.79 Å². The molecule has 2 rings (SSSR count). The molecule has 1 aliphatic heterocycles. The standard InChI is InChI=1S/C13H23N3O3/c1-15(2)8-10-4-3-7-16(10)13(19)14-11(12(17)18)9-5-6-9/h9-11H,3-8H2,1-2H3,(H,14,19)(H,17,18). The molecule has 0 aromatic carbocycles. The molecule has 2 atom stereocenters. The molecule has 19 heavy (non-hydrogen) atoms. The normalized spacial score (nSPS) is 24.6. The van der Waals surface area contributed by atoms with Gasteiger partial charge in [-0.25, -0.2) is 9.59 Å². The molecule has 2 fully saturated rings. The molecule has 2 N–H and O–H groups in total. The molecule has 2 unspecified atom stereocenters. The van der Waals surface area contributed by atoms with Crippen LogP contribution in [0.1, 0.15) is 25.7 Å². The van der Waals surface area contributed by atoms with Gasteiger partial charge in [0.25, 0.3) is 0 Å². The number of likely N-dealkylation sites (N-methyl/N-ethyl adjacent to an activating group) is 1. The van der Waals surface area contributed by atoms with Crippen molar-refractivity contribution >= 4 is 12.0 Å². The number of hydrogen-bond acceptors (Lipinski definition) is 3. The van der Waals surface area contributed by atoms with Gasteiger partial charge in [0.2, 0.25) is 0 Å². The van der Waals surface area contributed by atoms with Gasteiger partial charge in [-0.05, 0) is 45.7 Å². The summed E-state index contributed by atoms with van der Waals surface area (Å²) in [4.78, 5) is 27.2. The lowest BCUT2D eigenvalue weighted by atomic mass is 10.2. The Kier molecular flexibility index (Phi) is 4.29. The van der Waals surface area contributed by atoms with Crippen molar-refractivity contribution in [2.75, 3.05) is 27.2 Å². The van der Waals surface area contributed by atoms with Gasteiger partial charge in [-0.3, -0.25) is 0 Å². The van der Waals surface area contributed by atoms with Crippen LogP contribution in [0.3, 0.4) is 0 Å². The molecule has 0 aromatic heterocycles. The van der Waals surface area contributed by atoms with Gasteiger partial charge in [0.1, 0.15) is 6.04 Å². The monoisotopic (exact) mass is 269 g/mol. The Morgan fingerprint density at radius 3 is 2.58 bits per heavy atom. The summed E-state index contributed by atoms with van der Waals surface area (Å²) in [6.07, 6.45) is 3.79. The van der Waals surface area contributed by atoms with Crippen LogP contribution in [0.15, 0.2) is 0 Å². The summed E-state index contributed by atoms with van der Waals surface area (Å²) in [5.41, 5.74) is 0. The highest BCUT2D eigenvalue weighted by Gasteiger charge is 2.39. The van der Waals surface area contributed by atoms with Crippen LogP contribution in [0.5, 0.6) is 0 Å². The molecule has 0 bridgehead atoms. The van der Waals surface area contributed by atoms with E-state index < -0.39 is 12.0 Å². The predicted octanol–water partition coefficient (Wildman–Crippen LogP) is 0.585. The number of nitrogens with zero attached hydrogens (tertiary/aromatic N) is 2. The lowest BCUT2D eigenvalue weighted by Crippen LogP contribution is -2.51. The number of nitrogens with one attached hydrogen (secondary N) is 1. The van der Waals surface area contributed by atoms with Crippen molar-refractivity contribution in [3.05, 3.63) is 0 Å². The van der Waals surface area contributed by atoms with E-state index in [2.05, 4.69) is 10.2 Å². The fraction of sp³-hybridized carbons (Fsp3) is 0.846. The molecule has 1 saturated heterocycles. The van der Waals surface area contributed by atoms with Crippen LogP contribution >= 0.6 is 0 Å². The first-order valence-corrected chi connectivity index (χ1v) is 6.93. The second-order valence-electron chi connectivity index (χ2n) is 5.85. The van der Waals surface area contributed by atoms with Crippen molar-refractivity contribution in [3.63, 3.8) is 0 Å². The summed E-state index contributed by atoms with van der Waals surface area (Å²) in [5, 5.41) is 11.8. The van der Waals surface area contributed by atoms with Crippen molar-refractivity contribution in [2.45, 2.75) is 37.8 Å². The number of carbonyl (C=O) groups is 2. The molecule has 6 nitrogen and oxygen atoms in total. The van der Waals surface area contributed by atoms with E-state index in [0.717, 1.165) is 38.8 Å². The zero-order valence-corrected chi connectivity index (χ0v) is 11.6. The van der Waals surface area contributed by atoms with Crippen molar-refractivity contribution in [3.8, 4) is 0 Å². The van der Waals surface area contributed by atoms with Crippen LogP contribution in [0.25, 0.3) is 0 Å². The Labute approximate surface area is 113 Å². The molecular formula is C13H23N3O3. The third kappa shape index (κ3) is 3.59. The minimum atomic E-state index is -0.917. The third-order valence-corrected chi connectivity index (χ3v) is 3.85. The molecule has 2 amide bonds. The van der Waals surface area contributed by atoms with Crippen molar-refractivity contribution in [1.82, 2.24) is 15.1 Å². The number of rotatable bonds is 5. The van der Waals surface area contributed by atoms with Crippen LogP contribution in [0, 0.1) is 5.92 Å². The van der Waals surface area contributed by atoms with Gasteiger partial charge in [0.15, 0.2) is 0 Å².